The topological polar surface area (TPSA) is 72.6 Å². The molecule has 9 aromatic rings. The zero-order valence-corrected chi connectivity index (χ0v) is 31.1. The first-order valence-electron chi connectivity index (χ1n) is 19.3. The van der Waals surface area contributed by atoms with Crippen LogP contribution in [0.3, 0.4) is 0 Å². The van der Waals surface area contributed by atoms with E-state index in [1.807, 2.05) is 73.1 Å². The van der Waals surface area contributed by atoms with E-state index in [1.54, 1.807) is 0 Å². The maximum atomic E-state index is 4.86. The lowest BCUT2D eigenvalue weighted by atomic mass is 9.88. The van der Waals surface area contributed by atoms with E-state index in [-0.39, 0.29) is 6.04 Å². The van der Waals surface area contributed by atoms with Crippen LogP contribution in [0.4, 0.5) is 11.4 Å². The highest BCUT2D eigenvalue weighted by atomic mass is 15.2. The molecule has 0 saturated carbocycles. The molecule has 6 aromatic carbocycles. The van der Waals surface area contributed by atoms with Gasteiger partial charge in [-0.3, -0.25) is 0 Å². The Balaban J connectivity index is 0.993. The molecule has 0 N–H and O–H groups in total. The van der Waals surface area contributed by atoms with Crippen LogP contribution in [0, 0.1) is 5.92 Å². The van der Waals surface area contributed by atoms with Crippen LogP contribution in [0.5, 0.6) is 0 Å². The summed E-state index contributed by atoms with van der Waals surface area (Å²) in [5.74, 6) is 2.38. The average Bonchev–Trinajstić information content (AvgIpc) is 3.80. The van der Waals surface area contributed by atoms with E-state index < -0.39 is 0 Å². The van der Waals surface area contributed by atoms with Crippen LogP contribution in [-0.2, 0) is 0 Å². The fraction of sp³-hybridized carbons (Fsp3) is 0.0600. The van der Waals surface area contributed by atoms with Crippen molar-refractivity contribution in [2.24, 2.45) is 5.92 Å². The van der Waals surface area contributed by atoms with Gasteiger partial charge < -0.3 is 9.47 Å². The molecule has 7 nitrogen and oxygen atoms in total. The van der Waals surface area contributed by atoms with E-state index in [1.165, 1.54) is 44.4 Å². The molecule has 3 aromatic heterocycles. The molecule has 11 rings (SSSR count). The lowest BCUT2D eigenvalue weighted by Crippen LogP contribution is -2.33. The Morgan fingerprint density at radius 2 is 1.09 bits per heavy atom. The summed E-state index contributed by atoms with van der Waals surface area (Å²) in [4.78, 5) is 26.7. The highest BCUT2D eigenvalue weighted by Gasteiger charge is 2.38. The molecule has 0 radical (unpaired) electrons. The molecule has 0 saturated heterocycles. The summed E-state index contributed by atoms with van der Waals surface area (Å²) in [7, 11) is 0. The normalized spacial score (nSPS) is 15.8. The maximum absolute atomic E-state index is 4.86. The van der Waals surface area contributed by atoms with Crippen molar-refractivity contribution in [3.8, 4) is 51.2 Å². The quantitative estimate of drug-likeness (QED) is 0.169. The van der Waals surface area contributed by atoms with Gasteiger partial charge in [-0.05, 0) is 59.0 Å². The summed E-state index contributed by atoms with van der Waals surface area (Å²) in [6.45, 7) is 2.32. The summed E-state index contributed by atoms with van der Waals surface area (Å²) in [5, 5.41) is 2.33. The van der Waals surface area contributed by atoms with Gasteiger partial charge in [0.15, 0.2) is 17.5 Å². The predicted molar refractivity (Wildman–Crippen MR) is 230 cm³/mol. The van der Waals surface area contributed by atoms with E-state index >= 15 is 0 Å². The Labute approximate surface area is 330 Å². The second kappa shape index (κ2) is 13.4. The van der Waals surface area contributed by atoms with E-state index in [4.69, 9.17) is 24.9 Å². The predicted octanol–water partition coefficient (Wildman–Crippen LogP) is 11.5. The first-order valence-corrected chi connectivity index (χ1v) is 19.3. The Hall–Kier alpha value is -7.51. The molecule has 0 amide bonds. The van der Waals surface area contributed by atoms with Gasteiger partial charge in [0.05, 0.1) is 35.2 Å². The second-order valence-electron chi connectivity index (χ2n) is 14.6. The van der Waals surface area contributed by atoms with Crippen LogP contribution in [0.2, 0.25) is 0 Å². The van der Waals surface area contributed by atoms with Gasteiger partial charge in [-0.1, -0.05) is 140 Å². The van der Waals surface area contributed by atoms with Crippen molar-refractivity contribution in [1.29, 1.82) is 0 Å². The fourth-order valence-corrected chi connectivity index (χ4v) is 8.53. The summed E-state index contributed by atoms with van der Waals surface area (Å²) < 4.78 is 2.24. The first-order chi connectivity index (χ1) is 28.2. The fourth-order valence-electron chi connectivity index (χ4n) is 8.53. The van der Waals surface area contributed by atoms with Crippen molar-refractivity contribution in [3.05, 3.63) is 188 Å². The second-order valence-corrected chi connectivity index (χ2v) is 14.6. The van der Waals surface area contributed by atoms with E-state index in [0.29, 0.717) is 29.2 Å². The minimum atomic E-state index is 0.263. The van der Waals surface area contributed by atoms with Crippen LogP contribution in [-0.4, -0.2) is 35.5 Å². The largest absolute Gasteiger partial charge is 0.333 e. The van der Waals surface area contributed by atoms with Crippen LogP contribution in [0.25, 0.3) is 78.6 Å². The smallest absolute Gasteiger partial charge is 0.201 e. The average molecular weight is 734 g/mol. The summed E-state index contributed by atoms with van der Waals surface area (Å²) >= 11 is 0. The Bertz CT molecular complexity index is 2970. The molecule has 2 unspecified atom stereocenters. The zero-order chi connectivity index (χ0) is 37.9. The molecule has 2 atom stereocenters. The summed E-state index contributed by atoms with van der Waals surface area (Å²) in [6.07, 6.45) is 10.5. The lowest BCUT2D eigenvalue weighted by Gasteiger charge is -2.32. The molecular formula is C50H35N7. The van der Waals surface area contributed by atoms with Crippen LogP contribution >= 0.6 is 0 Å². The third-order valence-electron chi connectivity index (χ3n) is 11.2. The van der Waals surface area contributed by atoms with Crippen molar-refractivity contribution < 1.29 is 0 Å². The monoisotopic (exact) mass is 733 g/mol. The number of hydrogen-bond acceptors (Lipinski definition) is 6. The number of benzene rings is 6. The molecule has 1 aliphatic carbocycles. The van der Waals surface area contributed by atoms with Gasteiger partial charge in [-0.15, -0.1) is 0 Å². The minimum absolute atomic E-state index is 0.263. The molecule has 0 fully saturated rings. The Morgan fingerprint density at radius 1 is 0.491 bits per heavy atom. The number of anilines is 2. The van der Waals surface area contributed by atoms with Gasteiger partial charge in [0.1, 0.15) is 0 Å². The van der Waals surface area contributed by atoms with Crippen molar-refractivity contribution >= 4 is 38.8 Å². The standard InChI is InChI=1S/C50H35N7/c1-32-14-13-22-41-40-26-24-36(29-45(40)57(46(32)41)37-19-9-4-10-20-37)35-25-27-44-42(28-35)39-21-11-12-23-43(39)56(44)38-30-51-49(52-31-38)50-54-47(33-15-5-2-6-16-33)53-48(55-50)34-17-7-3-8-18-34/h2-32,46H,1H3. The Morgan fingerprint density at radius 3 is 1.81 bits per heavy atom. The number of aromatic nitrogens is 6. The van der Waals surface area contributed by atoms with Gasteiger partial charge in [0, 0.05) is 38.8 Å². The van der Waals surface area contributed by atoms with Crippen LogP contribution < -0.4 is 4.90 Å². The third kappa shape index (κ3) is 5.54. The minimum Gasteiger partial charge on any atom is -0.333 e. The zero-order valence-electron chi connectivity index (χ0n) is 31.1. The summed E-state index contributed by atoms with van der Waals surface area (Å²) in [5.41, 5.74) is 12.3. The number of fused-ring (bicyclic) bond motifs is 6. The highest BCUT2D eigenvalue weighted by Crippen LogP contribution is 2.50. The van der Waals surface area contributed by atoms with E-state index in [0.717, 1.165) is 27.8 Å². The number of nitrogens with zero attached hydrogens (tertiary/aromatic N) is 7. The van der Waals surface area contributed by atoms with Crippen molar-refractivity contribution in [1.82, 2.24) is 29.5 Å². The number of rotatable bonds is 6. The van der Waals surface area contributed by atoms with Gasteiger partial charge in [0.25, 0.3) is 0 Å². The molecule has 0 bridgehead atoms. The van der Waals surface area contributed by atoms with E-state index in [2.05, 4.69) is 126 Å². The highest BCUT2D eigenvalue weighted by molar-refractivity contribution is 6.10. The van der Waals surface area contributed by atoms with Crippen molar-refractivity contribution in [3.63, 3.8) is 0 Å². The molecule has 270 valence electrons. The first kappa shape index (κ1) is 32.9. The maximum Gasteiger partial charge on any atom is 0.201 e. The SMILES string of the molecule is CC1C=CC=C2c3ccc(-c4ccc5c(c4)c4ccccc4n5-c4cnc(-c5nc(-c6ccccc6)nc(-c6ccccc6)n5)nc4)cc3N(c3ccccc3)C21. The molecule has 7 heteroatoms. The van der Waals surface area contributed by atoms with Gasteiger partial charge in [-0.25, -0.2) is 24.9 Å². The molecule has 57 heavy (non-hydrogen) atoms. The Kier molecular flexibility index (Phi) is 7.70. The van der Waals surface area contributed by atoms with E-state index in [9.17, 15) is 0 Å². The third-order valence-corrected chi connectivity index (χ3v) is 11.2. The number of allylic oxidation sites excluding steroid dienone is 2. The summed E-state index contributed by atoms with van der Waals surface area (Å²) in [6, 6.07) is 53.2. The molecule has 0 spiro atoms. The van der Waals surface area contributed by atoms with Crippen molar-refractivity contribution in [2.75, 3.05) is 4.90 Å². The van der Waals surface area contributed by atoms with Crippen LogP contribution in [0.1, 0.15) is 12.5 Å². The van der Waals surface area contributed by atoms with Gasteiger partial charge >= 0.3 is 0 Å². The van der Waals surface area contributed by atoms with Crippen LogP contribution in [0.15, 0.2) is 182 Å². The van der Waals surface area contributed by atoms with Gasteiger partial charge in [0.2, 0.25) is 5.82 Å². The van der Waals surface area contributed by atoms with Crippen molar-refractivity contribution in [2.45, 2.75) is 13.0 Å². The molecule has 2 aliphatic rings. The van der Waals surface area contributed by atoms with Gasteiger partial charge in [-0.2, -0.15) is 0 Å². The molecule has 4 heterocycles. The lowest BCUT2D eigenvalue weighted by molar-refractivity contribution is 0.637. The number of hydrogen-bond donors (Lipinski definition) is 0. The number of para-hydroxylation sites is 2. The molecule has 1 aliphatic heterocycles. The molecular weight excluding hydrogens is 699 g/mol.